The van der Waals surface area contributed by atoms with Crippen molar-refractivity contribution in [3.8, 4) is 0 Å². The summed E-state index contributed by atoms with van der Waals surface area (Å²) in [6.07, 6.45) is 3.65. The molecule has 0 saturated carbocycles. The lowest BCUT2D eigenvalue weighted by molar-refractivity contribution is 0.243. The van der Waals surface area contributed by atoms with Gasteiger partial charge in [-0.1, -0.05) is 5.21 Å². The van der Waals surface area contributed by atoms with Crippen molar-refractivity contribution in [3.63, 3.8) is 0 Å². The third-order valence-electron chi connectivity index (χ3n) is 2.60. The minimum absolute atomic E-state index is 0. The third-order valence-corrected chi connectivity index (χ3v) is 2.60. The highest BCUT2D eigenvalue weighted by atomic mass is 35.5. The maximum atomic E-state index is 4.03. The van der Waals surface area contributed by atoms with Crippen LogP contribution in [-0.4, -0.2) is 53.1 Å². The monoisotopic (exact) mass is 289 g/mol. The summed E-state index contributed by atoms with van der Waals surface area (Å²) in [6, 6.07) is 0.930. The summed E-state index contributed by atoms with van der Waals surface area (Å²) < 4.78 is 1.94. The van der Waals surface area contributed by atoms with Crippen LogP contribution in [0.2, 0.25) is 0 Å². The molecule has 1 aliphatic rings. The van der Waals surface area contributed by atoms with Crippen LogP contribution in [0.3, 0.4) is 0 Å². The topological polar surface area (TPSA) is 46.0 Å². The Morgan fingerprint density at radius 1 is 1.25 bits per heavy atom. The van der Waals surface area contributed by atoms with Crippen LogP contribution in [0.4, 0.5) is 0 Å². The molecule has 1 aromatic heterocycles. The molecule has 16 heavy (non-hydrogen) atoms. The van der Waals surface area contributed by atoms with Crippen molar-refractivity contribution in [2.24, 2.45) is 0 Å². The second kappa shape index (κ2) is 8.08. The maximum absolute atomic E-state index is 4.03. The Kier molecular flexibility index (Phi) is 9.25. The van der Waals surface area contributed by atoms with Gasteiger partial charge in [-0.15, -0.1) is 42.3 Å². The highest BCUT2D eigenvalue weighted by Gasteiger charge is 2.30. The van der Waals surface area contributed by atoms with E-state index in [4.69, 9.17) is 0 Å². The van der Waals surface area contributed by atoms with E-state index in [1.165, 1.54) is 0 Å². The zero-order chi connectivity index (χ0) is 9.26. The summed E-state index contributed by atoms with van der Waals surface area (Å²) in [5.74, 6) is 0. The zero-order valence-electron chi connectivity index (χ0n) is 9.24. The average Bonchev–Trinajstić information content (AvgIpc) is 2.74. The fourth-order valence-electron chi connectivity index (χ4n) is 1.84. The maximum Gasteiger partial charge on any atom is 0.0828 e. The summed E-state index contributed by atoms with van der Waals surface area (Å²) in [4.78, 5) is 2.23. The normalized spacial score (nSPS) is 23.2. The van der Waals surface area contributed by atoms with Crippen LogP contribution >= 0.6 is 37.2 Å². The van der Waals surface area contributed by atoms with E-state index in [2.05, 4.69) is 34.6 Å². The van der Waals surface area contributed by atoms with Crippen molar-refractivity contribution in [2.75, 3.05) is 27.2 Å². The van der Waals surface area contributed by atoms with Gasteiger partial charge in [0.25, 0.3) is 0 Å². The number of hydrogen-bond acceptors (Lipinski definition) is 4. The Morgan fingerprint density at radius 2 is 1.94 bits per heavy atom. The van der Waals surface area contributed by atoms with Crippen LogP contribution in [0.1, 0.15) is 6.04 Å². The van der Waals surface area contributed by atoms with Crippen LogP contribution in [0.15, 0.2) is 12.4 Å². The Morgan fingerprint density at radius 3 is 2.44 bits per heavy atom. The number of halogens is 3. The molecule has 0 radical (unpaired) electrons. The first kappa shape index (κ1) is 18.3. The van der Waals surface area contributed by atoms with Gasteiger partial charge in [-0.3, -0.25) is 0 Å². The molecular weight excluding hydrogens is 272 g/mol. The van der Waals surface area contributed by atoms with Gasteiger partial charge in [0.2, 0.25) is 0 Å². The number of nitrogens with one attached hydrogen (secondary N) is 1. The van der Waals surface area contributed by atoms with E-state index in [1.807, 2.05) is 10.9 Å². The molecule has 0 spiro atoms. The molecule has 1 aromatic rings. The van der Waals surface area contributed by atoms with E-state index >= 15 is 0 Å². The molecule has 0 aromatic carbocycles. The molecule has 8 heteroatoms. The van der Waals surface area contributed by atoms with Crippen LogP contribution < -0.4 is 5.32 Å². The third kappa shape index (κ3) is 3.75. The van der Waals surface area contributed by atoms with E-state index in [1.54, 1.807) is 6.20 Å². The van der Waals surface area contributed by atoms with Gasteiger partial charge in [0.1, 0.15) is 0 Å². The van der Waals surface area contributed by atoms with E-state index < -0.39 is 0 Å². The minimum Gasteiger partial charge on any atom is -0.313 e. The summed E-state index contributed by atoms with van der Waals surface area (Å²) >= 11 is 0. The van der Waals surface area contributed by atoms with E-state index in [9.17, 15) is 0 Å². The number of rotatable bonds is 2. The Bertz CT molecular complexity index is 267. The summed E-state index contributed by atoms with van der Waals surface area (Å²) in [6.45, 7) is 2.00. The molecule has 1 fully saturated rings. The molecule has 0 aliphatic carbocycles. The zero-order valence-corrected chi connectivity index (χ0v) is 11.7. The Balaban J connectivity index is 0. The fraction of sp³-hybridized carbons (Fsp3) is 0.750. The molecule has 1 aliphatic heterocycles. The highest BCUT2D eigenvalue weighted by molar-refractivity contribution is 5.86. The first-order valence-electron chi connectivity index (χ1n) is 4.52. The van der Waals surface area contributed by atoms with E-state index in [-0.39, 0.29) is 37.2 Å². The lowest BCUT2D eigenvalue weighted by Gasteiger charge is -2.24. The van der Waals surface area contributed by atoms with E-state index in [0.29, 0.717) is 12.1 Å². The minimum atomic E-state index is 0. The van der Waals surface area contributed by atoms with Gasteiger partial charge < -0.3 is 10.2 Å². The van der Waals surface area contributed by atoms with Gasteiger partial charge in [0.15, 0.2) is 0 Å². The Hall–Kier alpha value is -0.0700. The molecule has 2 atom stereocenters. The van der Waals surface area contributed by atoms with Gasteiger partial charge in [-0.2, -0.15) is 0 Å². The lowest BCUT2D eigenvalue weighted by Crippen LogP contribution is -2.36. The predicted octanol–water partition coefficient (Wildman–Crippen LogP) is 0.618. The second-order valence-electron chi connectivity index (χ2n) is 3.64. The second-order valence-corrected chi connectivity index (χ2v) is 3.64. The molecule has 96 valence electrons. The van der Waals surface area contributed by atoms with Crippen molar-refractivity contribution in [2.45, 2.75) is 12.1 Å². The van der Waals surface area contributed by atoms with Crippen molar-refractivity contribution in [1.29, 1.82) is 0 Å². The molecule has 0 bridgehead atoms. The van der Waals surface area contributed by atoms with Gasteiger partial charge >= 0.3 is 0 Å². The van der Waals surface area contributed by atoms with Gasteiger partial charge in [0, 0.05) is 25.3 Å². The molecule has 5 nitrogen and oxygen atoms in total. The van der Waals surface area contributed by atoms with Gasteiger partial charge in [-0.05, 0) is 14.1 Å². The predicted molar refractivity (Wildman–Crippen MR) is 71.1 cm³/mol. The van der Waals surface area contributed by atoms with Crippen LogP contribution in [0.25, 0.3) is 0 Å². The smallest absolute Gasteiger partial charge is 0.0828 e. The van der Waals surface area contributed by atoms with Crippen LogP contribution in [0, 0.1) is 0 Å². The molecular formula is C8H18Cl3N5. The average molecular weight is 291 g/mol. The van der Waals surface area contributed by atoms with Crippen molar-refractivity contribution in [1.82, 2.24) is 25.2 Å². The molecule has 1 N–H and O–H groups in total. The summed E-state index contributed by atoms with van der Waals surface area (Å²) in [5.41, 5.74) is 0. The molecule has 2 rings (SSSR count). The highest BCUT2D eigenvalue weighted by Crippen LogP contribution is 2.17. The summed E-state index contributed by atoms with van der Waals surface area (Å²) in [7, 11) is 4.20. The van der Waals surface area contributed by atoms with Gasteiger partial charge in [-0.25, -0.2) is 4.68 Å². The van der Waals surface area contributed by atoms with Crippen molar-refractivity contribution < 1.29 is 0 Å². The summed E-state index contributed by atoms with van der Waals surface area (Å²) in [5, 5.41) is 11.2. The van der Waals surface area contributed by atoms with Crippen molar-refractivity contribution in [3.05, 3.63) is 12.4 Å². The van der Waals surface area contributed by atoms with Crippen molar-refractivity contribution >= 4 is 37.2 Å². The fourth-order valence-corrected chi connectivity index (χ4v) is 1.84. The standard InChI is InChI=1S/C8H15N5.3ClH/c1-12(2)7-5-9-6-8(7)13-4-3-10-11-13;;;/h3-4,7-9H,5-6H2,1-2H3;3*1H/t7-,8-;;;/m1.../s1. The number of likely N-dealkylation sites (N-methyl/N-ethyl adjacent to an activating group) is 1. The molecule has 2 heterocycles. The largest absolute Gasteiger partial charge is 0.313 e. The molecule has 0 unspecified atom stereocenters. The van der Waals surface area contributed by atoms with Crippen LogP contribution in [0.5, 0.6) is 0 Å². The number of hydrogen-bond donors (Lipinski definition) is 1. The lowest BCUT2D eigenvalue weighted by atomic mass is 10.1. The SMILES string of the molecule is CN(C)[C@@H]1CNC[C@H]1n1ccnn1.Cl.Cl.Cl. The molecule has 0 amide bonds. The quantitative estimate of drug-likeness (QED) is 0.867. The first-order chi connectivity index (χ1) is 6.29. The Labute approximate surface area is 114 Å². The number of aromatic nitrogens is 3. The number of nitrogens with zero attached hydrogens (tertiary/aromatic N) is 4. The van der Waals surface area contributed by atoms with Gasteiger partial charge in [0.05, 0.1) is 12.2 Å². The molecule has 1 saturated heterocycles. The van der Waals surface area contributed by atoms with E-state index in [0.717, 1.165) is 13.1 Å². The van der Waals surface area contributed by atoms with Crippen LogP contribution in [-0.2, 0) is 0 Å². The first-order valence-corrected chi connectivity index (χ1v) is 4.52.